The molecule has 4 rings (SSSR count). The van der Waals surface area contributed by atoms with Gasteiger partial charge in [0.15, 0.2) is 5.13 Å². The van der Waals surface area contributed by atoms with Crippen molar-refractivity contribution in [3.05, 3.63) is 10.6 Å². The summed E-state index contributed by atoms with van der Waals surface area (Å²) in [5.74, 6) is 0. The fourth-order valence-corrected chi connectivity index (χ4v) is 5.09. The molecular formula is C18H29N5OS. The van der Waals surface area contributed by atoms with Crippen LogP contribution in [0.1, 0.15) is 37.3 Å². The summed E-state index contributed by atoms with van der Waals surface area (Å²) >= 11 is 1.66. The van der Waals surface area contributed by atoms with Gasteiger partial charge in [-0.1, -0.05) is 0 Å². The maximum atomic E-state index is 12.4. The number of nitrogens with one attached hydrogen (secondary N) is 1. The number of urea groups is 1. The number of carbonyl (C=O) groups is 1. The highest BCUT2D eigenvalue weighted by Gasteiger charge is 2.36. The molecule has 3 heterocycles. The van der Waals surface area contributed by atoms with Crippen LogP contribution in [0.15, 0.2) is 0 Å². The Kier molecular flexibility index (Phi) is 4.97. The third-order valence-electron chi connectivity index (χ3n) is 5.80. The molecular weight excluding hydrogens is 334 g/mol. The van der Waals surface area contributed by atoms with Crippen molar-refractivity contribution in [3.63, 3.8) is 0 Å². The quantitative estimate of drug-likeness (QED) is 0.895. The lowest BCUT2D eigenvalue weighted by molar-refractivity contribution is 0.0187. The van der Waals surface area contributed by atoms with Gasteiger partial charge >= 0.3 is 6.03 Å². The largest absolute Gasteiger partial charge is 0.323 e. The topological polar surface area (TPSA) is 51.7 Å². The van der Waals surface area contributed by atoms with Crippen LogP contribution in [0.5, 0.6) is 0 Å². The van der Waals surface area contributed by atoms with Gasteiger partial charge in [-0.15, -0.1) is 11.3 Å². The SMILES string of the molecule is CC(C)N1CCN(C2CN(C(=O)Nc3nc4c(s3)CCCC4)C2)CC1. The van der Waals surface area contributed by atoms with Crippen molar-refractivity contribution < 1.29 is 4.79 Å². The van der Waals surface area contributed by atoms with Gasteiger partial charge in [0.2, 0.25) is 0 Å². The molecule has 1 aromatic rings. The third kappa shape index (κ3) is 3.68. The van der Waals surface area contributed by atoms with Gasteiger partial charge < -0.3 is 4.90 Å². The zero-order chi connectivity index (χ0) is 17.4. The van der Waals surface area contributed by atoms with Crippen LogP contribution in [0.25, 0.3) is 0 Å². The molecule has 2 amide bonds. The molecule has 1 aliphatic carbocycles. The number of aromatic nitrogens is 1. The molecule has 2 saturated heterocycles. The highest BCUT2D eigenvalue weighted by atomic mass is 32.1. The van der Waals surface area contributed by atoms with Gasteiger partial charge in [0.25, 0.3) is 0 Å². The summed E-state index contributed by atoms with van der Waals surface area (Å²) in [5.41, 5.74) is 1.20. The summed E-state index contributed by atoms with van der Waals surface area (Å²) < 4.78 is 0. The molecule has 0 saturated carbocycles. The van der Waals surface area contributed by atoms with Gasteiger partial charge in [0.1, 0.15) is 0 Å². The smallest absolute Gasteiger partial charge is 0.321 e. The second-order valence-electron chi connectivity index (χ2n) is 7.75. The minimum atomic E-state index is 0.0168. The van der Waals surface area contributed by atoms with E-state index in [4.69, 9.17) is 0 Å². The molecule has 0 atom stereocenters. The number of piperazine rings is 1. The lowest BCUT2D eigenvalue weighted by Gasteiger charge is -2.48. The first-order valence-corrected chi connectivity index (χ1v) is 10.4. The van der Waals surface area contributed by atoms with E-state index < -0.39 is 0 Å². The van der Waals surface area contributed by atoms with Crippen LogP contribution in [-0.2, 0) is 12.8 Å². The van der Waals surface area contributed by atoms with Gasteiger partial charge in [0, 0.05) is 56.2 Å². The summed E-state index contributed by atoms with van der Waals surface area (Å²) in [6.45, 7) is 10.8. The third-order valence-corrected chi connectivity index (χ3v) is 6.88. The number of likely N-dealkylation sites (tertiary alicyclic amines) is 1. The van der Waals surface area contributed by atoms with E-state index in [1.165, 1.54) is 23.4 Å². The Bertz CT molecular complexity index is 593. The molecule has 138 valence electrons. The van der Waals surface area contributed by atoms with Crippen LogP contribution >= 0.6 is 11.3 Å². The normalized spacial score (nSPS) is 22.8. The summed E-state index contributed by atoms with van der Waals surface area (Å²) in [6, 6.07) is 1.18. The molecule has 2 fully saturated rings. The van der Waals surface area contributed by atoms with Crippen molar-refractivity contribution in [1.82, 2.24) is 19.7 Å². The predicted octanol–water partition coefficient (Wildman–Crippen LogP) is 2.26. The summed E-state index contributed by atoms with van der Waals surface area (Å²) in [7, 11) is 0. The summed E-state index contributed by atoms with van der Waals surface area (Å²) in [4.78, 5) is 25.4. The second-order valence-corrected chi connectivity index (χ2v) is 8.83. The van der Waals surface area contributed by atoms with Crippen LogP contribution in [0.4, 0.5) is 9.93 Å². The molecule has 7 heteroatoms. The molecule has 0 spiro atoms. The number of fused-ring (bicyclic) bond motifs is 1. The average Bonchev–Trinajstić information content (AvgIpc) is 2.96. The first-order valence-electron chi connectivity index (χ1n) is 9.63. The lowest BCUT2D eigenvalue weighted by atomic mass is 10.0. The van der Waals surface area contributed by atoms with Crippen molar-refractivity contribution in [2.24, 2.45) is 0 Å². The zero-order valence-electron chi connectivity index (χ0n) is 15.3. The number of carbonyl (C=O) groups excluding carboxylic acids is 1. The van der Waals surface area contributed by atoms with Crippen molar-refractivity contribution in [2.75, 3.05) is 44.6 Å². The van der Waals surface area contributed by atoms with Crippen LogP contribution in [-0.4, -0.2) is 77.1 Å². The maximum Gasteiger partial charge on any atom is 0.323 e. The second kappa shape index (κ2) is 7.21. The summed E-state index contributed by atoms with van der Waals surface area (Å²) in [5, 5.41) is 3.80. The molecule has 1 N–H and O–H groups in total. The van der Waals surface area contributed by atoms with Gasteiger partial charge in [-0.3, -0.25) is 15.1 Å². The number of aryl methyl sites for hydroxylation is 2. The van der Waals surface area contributed by atoms with Crippen molar-refractivity contribution >= 4 is 22.5 Å². The van der Waals surface area contributed by atoms with E-state index in [-0.39, 0.29) is 6.03 Å². The molecule has 0 bridgehead atoms. The predicted molar refractivity (Wildman–Crippen MR) is 101 cm³/mol. The van der Waals surface area contributed by atoms with Crippen LogP contribution in [0, 0.1) is 0 Å². The minimum Gasteiger partial charge on any atom is -0.321 e. The highest BCUT2D eigenvalue weighted by molar-refractivity contribution is 7.15. The van der Waals surface area contributed by atoms with E-state index in [9.17, 15) is 4.79 Å². The van der Waals surface area contributed by atoms with Gasteiger partial charge in [-0.2, -0.15) is 0 Å². The fourth-order valence-electron chi connectivity index (χ4n) is 4.05. The molecule has 2 aliphatic heterocycles. The maximum absolute atomic E-state index is 12.4. The first-order chi connectivity index (χ1) is 12.1. The molecule has 3 aliphatic rings. The van der Waals surface area contributed by atoms with Gasteiger partial charge in [-0.05, 0) is 39.5 Å². The Morgan fingerprint density at radius 2 is 1.88 bits per heavy atom. The van der Waals surface area contributed by atoms with Crippen molar-refractivity contribution in [2.45, 2.75) is 51.6 Å². The van der Waals surface area contributed by atoms with E-state index in [1.807, 2.05) is 4.90 Å². The highest BCUT2D eigenvalue weighted by Crippen LogP contribution is 2.30. The number of anilines is 1. The lowest BCUT2D eigenvalue weighted by Crippen LogP contribution is -2.65. The number of thiazole rings is 1. The van der Waals surface area contributed by atoms with E-state index in [0.29, 0.717) is 12.1 Å². The Hall–Kier alpha value is -1.18. The zero-order valence-corrected chi connectivity index (χ0v) is 16.1. The van der Waals surface area contributed by atoms with E-state index in [0.717, 1.165) is 57.2 Å². The Morgan fingerprint density at radius 3 is 2.56 bits per heavy atom. The summed E-state index contributed by atoms with van der Waals surface area (Å²) in [6.07, 6.45) is 4.66. The van der Waals surface area contributed by atoms with Crippen molar-refractivity contribution in [3.8, 4) is 0 Å². The van der Waals surface area contributed by atoms with E-state index in [2.05, 4.69) is 33.9 Å². The van der Waals surface area contributed by atoms with Crippen LogP contribution in [0.2, 0.25) is 0 Å². The molecule has 25 heavy (non-hydrogen) atoms. The fraction of sp³-hybridized carbons (Fsp3) is 0.778. The number of hydrogen-bond acceptors (Lipinski definition) is 5. The minimum absolute atomic E-state index is 0.0168. The van der Waals surface area contributed by atoms with Crippen LogP contribution < -0.4 is 5.32 Å². The average molecular weight is 364 g/mol. The Labute approximate surface area is 154 Å². The Balaban J connectivity index is 1.24. The standard InChI is InChI=1S/C18H29N5OS/c1-13(2)21-7-9-22(10-8-21)14-11-23(12-14)18(24)20-17-19-15-5-3-4-6-16(15)25-17/h13-14H,3-12H2,1-2H3,(H,19,20,24). The van der Waals surface area contributed by atoms with E-state index in [1.54, 1.807) is 11.3 Å². The number of nitrogens with zero attached hydrogens (tertiary/aromatic N) is 4. The van der Waals surface area contributed by atoms with E-state index >= 15 is 0 Å². The molecule has 1 aromatic heterocycles. The monoisotopic (exact) mass is 363 g/mol. The van der Waals surface area contributed by atoms with Crippen molar-refractivity contribution in [1.29, 1.82) is 0 Å². The van der Waals surface area contributed by atoms with Crippen LogP contribution in [0.3, 0.4) is 0 Å². The Morgan fingerprint density at radius 1 is 1.16 bits per heavy atom. The molecule has 0 unspecified atom stereocenters. The molecule has 0 radical (unpaired) electrons. The number of amides is 2. The molecule has 6 nitrogen and oxygen atoms in total. The first kappa shape index (κ1) is 17.2. The number of hydrogen-bond donors (Lipinski definition) is 1. The molecule has 0 aromatic carbocycles. The number of rotatable bonds is 3. The van der Waals surface area contributed by atoms with Gasteiger partial charge in [-0.25, -0.2) is 9.78 Å². The van der Waals surface area contributed by atoms with Gasteiger partial charge in [0.05, 0.1) is 5.69 Å².